The van der Waals surface area contributed by atoms with Crippen molar-refractivity contribution >= 4 is 28.2 Å². The van der Waals surface area contributed by atoms with Gasteiger partial charge in [-0.2, -0.15) is 0 Å². The Morgan fingerprint density at radius 3 is 2.89 bits per heavy atom. The molecule has 0 atom stereocenters. The second-order valence-corrected chi connectivity index (χ2v) is 7.71. The van der Waals surface area contributed by atoms with Gasteiger partial charge in [-0.05, 0) is 49.9 Å². The van der Waals surface area contributed by atoms with E-state index in [0.717, 1.165) is 29.5 Å². The highest BCUT2D eigenvalue weighted by atomic mass is 32.1. The fraction of sp³-hybridized carbons (Fsp3) is 0.350. The lowest BCUT2D eigenvalue weighted by Gasteiger charge is -2.25. The molecule has 7 heteroatoms. The molecule has 0 bridgehead atoms. The van der Waals surface area contributed by atoms with E-state index >= 15 is 0 Å². The Kier molecular flexibility index (Phi) is 5.20. The maximum Gasteiger partial charge on any atom is 0.273 e. The first-order chi connectivity index (χ1) is 13.2. The zero-order chi connectivity index (χ0) is 18.6. The first kappa shape index (κ1) is 17.7. The van der Waals surface area contributed by atoms with E-state index in [2.05, 4.69) is 20.6 Å². The summed E-state index contributed by atoms with van der Waals surface area (Å²) in [7, 11) is 0. The number of hydrogen-bond donors (Lipinski definition) is 1. The lowest BCUT2D eigenvalue weighted by atomic mass is 10.1. The summed E-state index contributed by atoms with van der Waals surface area (Å²) in [4.78, 5) is 24.0. The smallest absolute Gasteiger partial charge is 0.273 e. The van der Waals surface area contributed by atoms with Crippen LogP contribution < -0.4 is 10.2 Å². The Labute approximate surface area is 162 Å². The number of anilines is 2. The summed E-state index contributed by atoms with van der Waals surface area (Å²) >= 11 is 1.69. The number of amides is 1. The molecule has 1 aliphatic heterocycles. The molecule has 1 fully saturated rings. The summed E-state index contributed by atoms with van der Waals surface area (Å²) in [6, 6.07) is 7.36. The van der Waals surface area contributed by atoms with Gasteiger partial charge in [0.2, 0.25) is 0 Å². The van der Waals surface area contributed by atoms with Gasteiger partial charge < -0.3 is 14.8 Å². The van der Waals surface area contributed by atoms with Gasteiger partial charge in [0, 0.05) is 30.9 Å². The summed E-state index contributed by atoms with van der Waals surface area (Å²) in [5.41, 5.74) is 2.65. The molecule has 0 saturated carbocycles. The van der Waals surface area contributed by atoms with Crippen molar-refractivity contribution in [3.63, 3.8) is 0 Å². The molecule has 0 spiro atoms. The predicted molar refractivity (Wildman–Crippen MR) is 109 cm³/mol. The molecule has 0 radical (unpaired) electrons. The molecular formula is C20H23N5OS. The van der Waals surface area contributed by atoms with E-state index in [1.807, 2.05) is 35.9 Å². The van der Waals surface area contributed by atoms with Crippen LogP contribution in [0, 0.1) is 6.92 Å². The van der Waals surface area contributed by atoms with Crippen LogP contribution in [0.2, 0.25) is 0 Å². The van der Waals surface area contributed by atoms with Crippen molar-refractivity contribution in [1.82, 2.24) is 14.5 Å². The van der Waals surface area contributed by atoms with Crippen molar-refractivity contribution in [2.24, 2.45) is 0 Å². The van der Waals surface area contributed by atoms with Gasteiger partial charge in [-0.3, -0.25) is 4.79 Å². The highest BCUT2D eigenvalue weighted by Gasteiger charge is 2.17. The fourth-order valence-electron chi connectivity index (χ4n) is 3.37. The Hall–Kier alpha value is -2.67. The van der Waals surface area contributed by atoms with E-state index in [-0.39, 0.29) is 5.91 Å². The number of nitrogens with one attached hydrogen (secondary N) is 1. The number of thiazole rings is 1. The highest BCUT2D eigenvalue weighted by Crippen LogP contribution is 2.25. The van der Waals surface area contributed by atoms with Crippen LogP contribution in [0.1, 0.15) is 41.0 Å². The Balaban J connectivity index is 1.49. The van der Waals surface area contributed by atoms with Crippen LogP contribution >= 0.6 is 11.3 Å². The average molecular weight is 382 g/mol. The van der Waals surface area contributed by atoms with Crippen LogP contribution in [0.5, 0.6) is 0 Å². The molecule has 0 aliphatic carbocycles. The number of nitrogens with zero attached hydrogens (tertiary/aromatic N) is 4. The molecule has 3 aromatic heterocycles. The molecule has 4 rings (SSSR count). The minimum Gasteiger partial charge on any atom is -0.348 e. The van der Waals surface area contributed by atoms with Crippen LogP contribution in [0.25, 0.3) is 0 Å². The van der Waals surface area contributed by atoms with Crippen molar-refractivity contribution in [1.29, 1.82) is 0 Å². The summed E-state index contributed by atoms with van der Waals surface area (Å²) in [6.07, 6.45) is 7.45. The third-order valence-corrected chi connectivity index (χ3v) is 5.62. The molecule has 6 nitrogen and oxygen atoms in total. The maximum absolute atomic E-state index is 12.7. The van der Waals surface area contributed by atoms with Gasteiger partial charge in [-0.1, -0.05) is 6.07 Å². The number of piperidine rings is 1. The Morgan fingerprint density at radius 1 is 1.26 bits per heavy atom. The van der Waals surface area contributed by atoms with Gasteiger partial charge in [0.05, 0.1) is 12.2 Å². The topological polar surface area (TPSA) is 63.1 Å². The van der Waals surface area contributed by atoms with E-state index in [1.54, 1.807) is 23.6 Å². The second kappa shape index (κ2) is 7.92. The van der Waals surface area contributed by atoms with Crippen molar-refractivity contribution in [3.8, 4) is 0 Å². The van der Waals surface area contributed by atoms with E-state index in [0.29, 0.717) is 18.1 Å². The number of pyridine rings is 1. The van der Waals surface area contributed by atoms with Gasteiger partial charge in [-0.25, -0.2) is 9.97 Å². The SMILES string of the molecule is Cc1cc(C(=O)Nc2ccccn2)n(Cc2csc(N3CCCCC3)n2)c1. The Morgan fingerprint density at radius 2 is 2.11 bits per heavy atom. The molecule has 1 saturated heterocycles. The largest absolute Gasteiger partial charge is 0.348 e. The summed E-state index contributed by atoms with van der Waals surface area (Å²) in [6.45, 7) is 4.76. The zero-order valence-corrected chi connectivity index (χ0v) is 16.2. The normalized spacial score (nSPS) is 14.3. The summed E-state index contributed by atoms with van der Waals surface area (Å²) in [5, 5.41) is 6.05. The number of aromatic nitrogens is 3. The third kappa shape index (κ3) is 4.19. The maximum atomic E-state index is 12.7. The fourth-order valence-corrected chi connectivity index (χ4v) is 4.24. The highest BCUT2D eigenvalue weighted by molar-refractivity contribution is 7.13. The van der Waals surface area contributed by atoms with Crippen molar-refractivity contribution < 1.29 is 4.79 Å². The summed E-state index contributed by atoms with van der Waals surface area (Å²) < 4.78 is 1.96. The van der Waals surface area contributed by atoms with E-state index in [4.69, 9.17) is 4.98 Å². The van der Waals surface area contributed by atoms with E-state index < -0.39 is 0 Å². The monoisotopic (exact) mass is 381 g/mol. The molecule has 1 N–H and O–H groups in total. The number of aryl methyl sites for hydroxylation is 1. The molecule has 0 aromatic carbocycles. The van der Waals surface area contributed by atoms with E-state index in [9.17, 15) is 4.79 Å². The first-order valence-corrected chi connectivity index (χ1v) is 10.2. The van der Waals surface area contributed by atoms with Crippen molar-refractivity contribution in [3.05, 3.63) is 59.0 Å². The van der Waals surface area contributed by atoms with Crippen molar-refractivity contribution in [2.75, 3.05) is 23.3 Å². The number of rotatable bonds is 5. The first-order valence-electron chi connectivity index (χ1n) is 9.27. The van der Waals surface area contributed by atoms with Gasteiger partial charge in [-0.15, -0.1) is 11.3 Å². The van der Waals surface area contributed by atoms with Gasteiger partial charge >= 0.3 is 0 Å². The number of carbonyl (C=O) groups excluding carboxylic acids is 1. The lowest BCUT2D eigenvalue weighted by Crippen LogP contribution is -2.29. The molecule has 1 amide bonds. The van der Waals surface area contributed by atoms with Crippen LogP contribution in [0.15, 0.2) is 42.0 Å². The van der Waals surface area contributed by atoms with Gasteiger partial charge in [0.15, 0.2) is 5.13 Å². The molecular weight excluding hydrogens is 358 g/mol. The number of carbonyl (C=O) groups is 1. The molecule has 4 heterocycles. The van der Waals surface area contributed by atoms with Crippen LogP contribution in [-0.4, -0.2) is 33.5 Å². The van der Waals surface area contributed by atoms with Crippen LogP contribution in [0.4, 0.5) is 10.9 Å². The van der Waals surface area contributed by atoms with Crippen molar-refractivity contribution in [2.45, 2.75) is 32.7 Å². The predicted octanol–water partition coefficient (Wildman–Crippen LogP) is 3.94. The average Bonchev–Trinajstić information content (AvgIpc) is 3.30. The molecule has 1 aliphatic rings. The number of hydrogen-bond acceptors (Lipinski definition) is 5. The molecule has 0 unspecified atom stereocenters. The Bertz CT molecular complexity index is 912. The quantitative estimate of drug-likeness (QED) is 0.727. The van der Waals surface area contributed by atoms with Crippen LogP contribution in [-0.2, 0) is 6.54 Å². The third-order valence-electron chi connectivity index (χ3n) is 4.67. The van der Waals surface area contributed by atoms with Gasteiger partial charge in [0.25, 0.3) is 5.91 Å². The van der Waals surface area contributed by atoms with Crippen LogP contribution in [0.3, 0.4) is 0 Å². The lowest BCUT2D eigenvalue weighted by molar-refractivity contribution is 0.101. The van der Waals surface area contributed by atoms with E-state index in [1.165, 1.54) is 19.3 Å². The zero-order valence-electron chi connectivity index (χ0n) is 15.4. The summed E-state index contributed by atoms with van der Waals surface area (Å²) in [5.74, 6) is 0.391. The minimum atomic E-state index is -0.159. The molecule has 27 heavy (non-hydrogen) atoms. The van der Waals surface area contributed by atoms with Gasteiger partial charge in [0.1, 0.15) is 11.5 Å². The second-order valence-electron chi connectivity index (χ2n) is 6.87. The standard InChI is InChI=1S/C20H23N5OS/c1-15-11-17(19(26)23-18-7-3-4-8-21-18)25(12-15)13-16-14-27-20(22-16)24-9-5-2-6-10-24/h3-4,7-8,11-12,14H,2,5-6,9-10,13H2,1H3,(H,21,23,26). The minimum absolute atomic E-state index is 0.159. The molecule has 3 aromatic rings. The molecule has 140 valence electrons.